The van der Waals surface area contributed by atoms with Crippen molar-refractivity contribution in [3.8, 4) is 0 Å². The van der Waals surface area contributed by atoms with E-state index >= 15 is 0 Å². The lowest BCUT2D eigenvalue weighted by atomic mass is 9.54. The highest BCUT2D eigenvalue weighted by molar-refractivity contribution is 5.91. The Morgan fingerprint density at radius 2 is 1.81 bits per heavy atom. The Kier molecular flexibility index (Phi) is 7.32. The second-order valence-corrected chi connectivity index (χ2v) is 11.0. The second kappa shape index (κ2) is 10.0. The number of nitrogens with one attached hydrogen (secondary N) is 1. The average molecular weight is 508 g/mol. The molecule has 0 saturated carbocycles. The third kappa shape index (κ3) is 4.59. The lowest BCUT2D eigenvalue weighted by Crippen LogP contribution is -2.58. The van der Waals surface area contributed by atoms with Crippen molar-refractivity contribution in [1.29, 1.82) is 0 Å². The summed E-state index contributed by atoms with van der Waals surface area (Å²) >= 11 is 0. The molecule has 1 aromatic rings. The number of esters is 1. The first-order chi connectivity index (χ1) is 17.4. The Hall–Kier alpha value is -3.03. The molecule has 37 heavy (non-hydrogen) atoms. The monoisotopic (exact) mass is 507 g/mol. The summed E-state index contributed by atoms with van der Waals surface area (Å²) in [6.45, 7) is 8.20. The van der Waals surface area contributed by atoms with Crippen LogP contribution in [-0.2, 0) is 25.5 Å². The Morgan fingerprint density at radius 3 is 2.46 bits per heavy atom. The fourth-order valence-electron chi connectivity index (χ4n) is 6.54. The van der Waals surface area contributed by atoms with Gasteiger partial charge in [0.15, 0.2) is 5.78 Å². The van der Waals surface area contributed by atoms with Gasteiger partial charge in [0.05, 0.1) is 6.10 Å². The van der Waals surface area contributed by atoms with E-state index in [1.54, 1.807) is 19.1 Å². The van der Waals surface area contributed by atoms with Crippen LogP contribution in [0.3, 0.4) is 0 Å². The molecule has 3 N–H and O–H groups in total. The third-order valence-corrected chi connectivity index (χ3v) is 8.49. The van der Waals surface area contributed by atoms with Gasteiger partial charge >= 0.3 is 5.97 Å². The lowest BCUT2D eigenvalue weighted by molar-refractivity contribution is -0.161. The highest BCUT2D eigenvalue weighted by Gasteiger charge is 2.67. The number of rotatable bonds is 3. The molecule has 2 aliphatic carbocycles. The number of aliphatic hydroxyl groups is 2. The molecule has 198 valence electrons. The predicted octanol–water partition coefficient (Wildman–Crippen LogP) is 3.06. The van der Waals surface area contributed by atoms with E-state index in [2.05, 4.69) is 5.32 Å². The number of benzene rings is 1. The van der Waals surface area contributed by atoms with E-state index in [0.29, 0.717) is 12.8 Å². The number of hydrogen-bond acceptors (Lipinski definition) is 6. The predicted molar refractivity (Wildman–Crippen MR) is 139 cm³/mol. The van der Waals surface area contributed by atoms with Gasteiger partial charge in [-0.15, -0.1) is 0 Å². The summed E-state index contributed by atoms with van der Waals surface area (Å²) in [7, 11) is 0. The second-order valence-electron chi connectivity index (χ2n) is 11.0. The summed E-state index contributed by atoms with van der Waals surface area (Å²) in [5.74, 6) is -2.92. The molecule has 1 amide bonds. The molecule has 0 aromatic heterocycles. The van der Waals surface area contributed by atoms with E-state index in [1.165, 1.54) is 26.0 Å². The summed E-state index contributed by atoms with van der Waals surface area (Å²) in [6, 6.07) is 9.52. The fraction of sp³-hybridized carbons (Fsp3) is 0.500. The van der Waals surface area contributed by atoms with Crippen LogP contribution in [-0.4, -0.2) is 51.7 Å². The van der Waals surface area contributed by atoms with E-state index in [1.807, 2.05) is 44.2 Å². The van der Waals surface area contributed by atoms with E-state index in [0.717, 1.165) is 16.7 Å². The van der Waals surface area contributed by atoms with Gasteiger partial charge in [-0.2, -0.15) is 0 Å². The molecular formula is C30H37NO6. The highest BCUT2D eigenvalue weighted by atomic mass is 16.5. The van der Waals surface area contributed by atoms with Crippen molar-refractivity contribution in [2.45, 2.75) is 71.3 Å². The molecule has 4 rings (SSSR count). The standard InChI is InChI=1S/C30H37NO6/c1-17-10-9-13-22-26(33)19(3)18(2)25-23(16-21-11-7-6-8-12-21)31-28(35)30(22,25)24(37-20(4)32)14-15-29(5,36)27(17)34/h6-9,11-15,17,22-26,33,36H,10,16H2,1-5H3,(H,31,35)/b13-9-,15-14-/t17-,22-,23+,24+,25-,26-,29+,30-/m0/s1. The van der Waals surface area contributed by atoms with E-state index in [4.69, 9.17) is 4.74 Å². The van der Waals surface area contributed by atoms with Gasteiger partial charge in [-0.05, 0) is 56.9 Å². The molecule has 1 saturated heterocycles. The van der Waals surface area contributed by atoms with Crippen LogP contribution < -0.4 is 5.32 Å². The van der Waals surface area contributed by atoms with Crippen LogP contribution in [0, 0.1) is 23.2 Å². The van der Waals surface area contributed by atoms with Gasteiger partial charge in [0, 0.05) is 30.7 Å². The largest absolute Gasteiger partial charge is 0.457 e. The van der Waals surface area contributed by atoms with Crippen LogP contribution in [0.4, 0.5) is 0 Å². The number of ether oxygens (including phenoxy) is 1. The molecule has 3 aliphatic rings. The van der Waals surface area contributed by atoms with Crippen LogP contribution >= 0.6 is 0 Å². The van der Waals surface area contributed by atoms with E-state index < -0.39 is 46.9 Å². The zero-order valence-electron chi connectivity index (χ0n) is 22.1. The molecule has 1 spiro atoms. The van der Waals surface area contributed by atoms with Crippen molar-refractivity contribution in [3.63, 3.8) is 0 Å². The molecule has 7 heteroatoms. The normalized spacial score (nSPS) is 39.6. The van der Waals surface area contributed by atoms with Crippen molar-refractivity contribution < 1.29 is 29.3 Å². The number of Topliss-reactive ketones (excluding diaryl/α,β-unsaturated/α-hetero) is 1. The molecule has 0 unspecified atom stereocenters. The summed E-state index contributed by atoms with van der Waals surface area (Å²) in [5.41, 5.74) is -0.500. The van der Waals surface area contributed by atoms with Crippen molar-refractivity contribution in [2.24, 2.45) is 23.2 Å². The number of carbonyl (C=O) groups excluding carboxylic acids is 3. The molecule has 8 atom stereocenters. The van der Waals surface area contributed by atoms with Gasteiger partial charge < -0.3 is 20.3 Å². The third-order valence-electron chi connectivity index (χ3n) is 8.49. The quantitative estimate of drug-likeness (QED) is 0.428. The van der Waals surface area contributed by atoms with Crippen LogP contribution in [0.1, 0.15) is 46.6 Å². The minimum Gasteiger partial charge on any atom is -0.457 e. The van der Waals surface area contributed by atoms with Gasteiger partial charge in [0.25, 0.3) is 0 Å². The number of aliphatic hydroxyl groups excluding tert-OH is 1. The Balaban J connectivity index is 1.96. The van der Waals surface area contributed by atoms with Gasteiger partial charge in [0.1, 0.15) is 17.1 Å². The fourth-order valence-corrected chi connectivity index (χ4v) is 6.54. The summed E-state index contributed by atoms with van der Waals surface area (Å²) in [6.07, 6.45) is 5.17. The van der Waals surface area contributed by atoms with Crippen molar-refractivity contribution in [1.82, 2.24) is 5.32 Å². The van der Waals surface area contributed by atoms with Crippen LogP contribution in [0.5, 0.6) is 0 Å². The average Bonchev–Trinajstić information content (AvgIpc) is 3.13. The number of allylic oxidation sites excluding steroid dienone is 1. The highest BCUT2D eigenvalue weighted by Crippen LogP contribution is 2.57. The first-order valence-electron chi connectivity index (χ1n) is 12.9. The van der Waals surface area contributed by atoms with Gasteiger partial charge in [-0.25, -0.2) is 0 Å². The molecule has 0 radical (unpaired) electrons. The molecule has 1 heterocycles. The lowest BCUT2D eigenvalue weighted by Gasteiger charge is -2.49. The van der Waals surface area contributed by atoms with Crippen LogP contribution in [0.25, 0.3) is 0 Å². The molecule has 1 fully saturated rings. The number of hydrogen-bond donors (Lipinski definition) is 3. The van der Waals surface area contributed by atoms with Crippen molar-refractivity contribution in [3.05, 3.63) is 71.3 Å². The Bertz CT molecular complexity index is 1170. The van der Waals surface area contributed by atoms with Gasteiger partial charge in [-0.1, -0.05) is 55.0 Å². The summed E-state index contributed by atoms with van der Waals surface area (Å²) < 4.78 is 5.82. The Morgan fingerprint density at radius 1 is 1.14 bits per heavy atom. The first-order valence-corrected chi connectivity index (χ1v) is 12.9. The maximum atomic E-state index is 14.2. The summed E-state index contributed by atoms with van der Waals surface area (Å²) in [5, 5.41) is 25.7. The zero-order valence-corrected chi connectivity index (χ0v) is 22.1. The smallest absolute Gasteiger partial charge is 0.303 e. The number of ketones is 1. The first kappa shape index (κ1) is 27.0. The van der Waals surface area contributed by atoms with Gasteiger partial charge in [0.2, 0.25) is 5.91 Å². The van der Waals surface area contributed by atoms with E-state index in [9.17, 15) is 24.6 Å². The van der Waals surface area contributed by atoms with E-state index in [-0.39, 0.29) is 17.7 Å². The minimum absolute atomic E-state index is 0.314. The maximum absolute atomic E-state index is 14.2. The topological polar surface area (TPSA) is 113 Å². The van der Waals surface area contributed by atoms with Crippen molar-refractivity contribution in [2.75, 3.05) is 0 Å². The SMILES string of the molecule is CC(=O)O[C@@H]1/C=C\[C@@](C)(O)C(=O)[C@@H](C)C/C=C\[C@H]2[C@@H](O)C(C)=C(C)[C@H]3[C@@H](Cc4ccccc4)NC(=O)[C@]123. The van der Waals surface area contributed by atoms with Crippen LogP contribution in [0.15, 0.2) is 65.8 Å². The minimum atomic E-state index is -1.82. The Labute approximate surface area is 218 Å². The number of carbonyl (C=O) groups is 3. The number of amides is 1. The molecule has 0 bridgehead atoms. The van der Waals surface area contributed by atoms with Gasteiger partial charge in [-0.3, -0.25) is 14.4 Å². The summed E-state index contributed by atoms with van der Waals surface area (Å²) in [4.78, 5) is 39.5. The molecule has 1 aromatic carbocycles. The maximum Gasteiger partial charge on any atom is 0.303 e. The zero-order chi connectivity index (χ0) is 27.1. The van der Waals surface area contributed by atoms with Crippen LogP contribution in [0.2, 0.25) is 0 Å². The molecule has 7 nitrogen and oxygen atoms in total. The molecule has 1 aliphatic heterocycles. The molecular weight excluding hydrogens is 470 g/mol. The van der Waals surface area contributed by atoms with Crippen molar-refractivity contribution >= 4 is 17.7 Å².